The standard InChI is InChI=1S/C29H30N2O3/c1-2-25(23-15-7-4-8-16-23)31-26(28(32)30-29(31)33)20-19-24-17-9-10-18-27(24)34-21-11-14-22-12-5-3-6-13-22/h3-10,12-13,15-18,20,25H,2,11,14,19,21H2,1H3,(H,30,32,33). The van der Waals surface area contributed by atoms with Crippen molar-refractivity contribution in [2.24, 2.45) is 0 Å². The highest BCUT2D eigenvalue weighted by molar-refractivity contribution is 6.11. The third kappa shape index (κ3) is 5.54. The highest BCUT2D eigenvalue weighted by Crippen LogP contribution is 2.31. The van der Waals surface area contributed by atoms with E-state index in [2.05, 4.69) is 17.4 Å². The number of imide groups is 1. The van der Waals surface area contributed by atoms with Gasteiger partial charge in [-0.25, -0.2) is 4.79 Å². The molecule has 34 heavy (non-hydrogen) atoms. The van der Waals surface area contributed by atoms with Gasteiger partial charge < -0.3 is 4.74 Å². The number of allylic oxidation sites excluding steroid dienone is 1. The Kier molecular flexibility index (Phi) is 7.76. The van der Waals surface area contributed by atoms with Crippen LogP contribution < -0.4 is 10.1 Å². The van der Waals surface area contributed by atoms with Gasteiger partial charge in [-0.2, -0.15) is 0 Å². The summed E-state index contributed by atoms with van der Waals surface area (Å²) in [7, 11) is 0. The normalized spacial score (nSPS) is 15.4. The zero-order valence-corrected chi connectivity index (χ0v) is 19.4. The Morgan fingerprint density at radius 2 is 1.59 bits per heavy atom. The fourth-order valence-electron chi connectivity index (χ4n) is 4.31. The fraction of sp³-hybridized carbons (Fsp3) is 0.241. The number of hydrogen-bond donors (Lipinski definition) is 1. The Morgan fingerprint density at radius 3 is 2.32 bits per heavy atom. The highest BCUT2D eigenvalue weighted by Gasteiger charge is 2.37. The number of carbonyl (C=O) groups excluding carboxylic acids is 2. The molecule has 5 nitrogen and oxygen atoms in total. The number of nitrogens with zero attached hydrogens (tertiary/aromatic N) is 1. The molecule has 1 aliphatic heterocycles. The molecule has 4 rings (SSSR count). The predicted molar refractivity (Wildman–Crippen MR) is 133 cm³/mol. The topological polar surface area (TPSA) is 58.6 Å². The molecule has 0 radical (unpaired) electrons. The quantitative estimate of drug-likeness (QED) is 0.238. The molecule has 1 fully saturated rings. The molecular formula is C29H30N2O3. The van der Waals surface area contributed by atoms with Crippen LogP contribution in [0.15, 0.2) is 96.7 Å². The van der Waals surface area contributed by atoms with E-state index in [1.807, 2.05) is 85.8 Å². The van der Waals surface area contributed by atoms with Crippen LogP contribution in [0.1, 0.15) is 42.5 Å². The Balaban J connectivity index is 1.46. The van der Waals surface area contributed by atoms with Crippen LogP contribution in [0.3, 0.4) is 0 Å². The largest absolute Gasteiger partial charge is 0.493 e. The van der Waals surface area contributed by atoms with Gasteiger partial charge in [-0.05, 0) is 48.4 Å². The molecule has 0 aliphatic carbocycles. The van der Waals surface area contributed by atoms with Gasteiger partial charge in [0.25, 0.3) is 5.91 Å². The first kappa shape index (κ1) is 23.3. The molecular weight excluding hydrogens is 424 g/mol. The van der Waals surface area contributed by atoms with Crippen molar-refractivity contribution in [1.29, 1.82) is 0 Å². The first-order valence-corrected chi connectivity index (χ1v) is 11.8. The number of aryl methyl sites for hydroxylation is 1. The van der Waals surface area contributed by atoms with Crippen LogP contribution >= 0.6 is 0 Å². The molecule has 1 saturated heterocycles. The summed E-state index contributed by atoms with van der Waals surface area (Å²) in [6.07, 6.45) is 4.90. The van der Waals surface area contributed by atoms with Gasteiger partial charge in [0.2, 0.25) is 0 Å². The van der Waals surface area contributed by atoms with Crippen LogP contribution in [0.4, 0.5) is 4.79 Å². The third-order valence-electron chi connectivity index (χ3n) is 6.01. The molecule has 174 valence electrons. The fourth-order valence-corrected chi connectivity index (χ4v) is 4.31. The number of benzene rings is 3. The molecule has 0 saturated carbocycles. The summed E-state index contributed by atoms with van der Waals surface area (Å²) in [5.74, 6) is 0.444. The van der Waals surface area contributed by atoms with Crippen molar-refractivity contribution in [3.63, 3.8) is 0 Å². The number of para-hydroxylation sites is 1. The number of hydrogen-bond acceptors (Lipinski definition) is 3. The smallest absolute Gasteiger partial charge is 0.329 e. The van der Waals surface area contributed by atoms with E-state index >= 15 is 0 Å². The first-order chi connectivity index (χ1) is 16.7. The SMILES string of the molecule is CCC(c1ccccc1)N1C(=O)NC(=O)C1=CCc1ccccc1OCCCc1ccccc1. The van der Waals surface area contributed by atoms with E-state index in [-0.39, 0.29) is 18.0 Å². The molecule has 3 aromatic carbocycles. The first-order valence-electron chi connectivity index (χ1n) is 11.8. The van der Waals surface area contributed by atoms with Crippen molar-refractivity contribution >= 4 is 11.9 Å². The second-order valence-electron chi connectivity index (χ2n) is 8.30. The van der Waals surface area contributed by atoms with Gasteiger partial charge in [-0.3, -0.25) is 15.0 Å². The molecule has 0 spiro atoms. The summed E-state index contributed by atoms with van der Waals surface area (Å²) in [5.41, 5.74) is 3.67. The van der Waals surface area contributed by atoms with Crippen molar-refractivity contribution in [1.82, 2.24) is 10.2 Å². The summed E-state index contributed by atoms with van der Waals surface area (Å²) in [6, 6.07) is 27.4. The Hall–Kier alpha value is -3.86. The second kappa shape index (κ2) is 11.3. The summed E-state index contributed by atoms with van der Waals surface area (Å²) in [5, 5.41) is 2.46. The molecule has 5 heteroatoms. The molecule has 1 aliphatic rings. The number of urea groups is 1. The average Bonchev–Trinajstić information content (AvgIpc) is 3.15. The molecule has 0 bridgehead atoms. The maximum Gasteiger partial charge on any atom is 0.329 e. The van der Waals surface area contributed by atoms with Gasteiger partial charge >= 0.3 is 6.03 Å². The van der Waals surface area contributed by atoms with E-state index in [4.69, 9.17) is 4.74 Å². The zero-order chi connectivity index (χ0) is 23.8. The molecule has 1 atom stereocenters. The van der Waals surface area contributed by atoms with Crippen molar-refractivity contribution in [3.8, 4) is 5.75 Å². The number of nitrogens with one attached hydrogen (secondary N) is 1. The minimum Gasteiger partial charge on any atom is -0.493 e. The summed E-state index contributed by atoms with van der Waals surface area (Å²) in [4.78, 5) is 26.9. The van der Waals surface area contributed by atoms with Gasteiger partial charge in [0.05, 0.1) is 12.6 Å². The molecule has 3 amide bonds. The molecule has 1 unspecified atom stereocenters. The van der Waals surface area contributed by atoms with Crippen LogP contribution in [-0.4, -0.2) is 23.4 Å². The number of rotatable bonds is 10. The predicted octanol–water partition coefficient (Wildman–Crippen LogP) is 5.83. The van der Waals surface area contributed by atoms with Gasteiger partial charge in [0, 0.05) is 0 Å². The van der Waals surface area contributed by atoms with E-state index in [0.29, 0.717) is 25.1 Å². The van der Waals surface area contributed by atoms with Crippen LogP contribution in [0.5, 0.6) is 5.75 Å². The summed E-state index contributed by atoms with van der Waals surface area (Å²) in [6.45, 7) is 2.63. The van der Waals surface area contributed by atoms with Crippen molar-refractivity contribution in [2.45, 2.75) is 38.6 Å². The van der Waals surface area contributed by atoms with Gasteiger partial charge in [0.1, 0.15) is 11.4 Å². The van der Waals surface area contributed by atoms with E-state index in [0.717, 1.165) is 29.7 Å². The molecule has 1 N–H and O–H groups in total. The monoisotopic (exact) mass is 454 g/mol. The maximum absolute atomic E-state index is 12.7. The Labute approximate surface area is 201 Å². The second-order valence-corrected chi connectivity index (χ2v) is 8.30. The molecule has 3 aromatic rings. The van der Waals surface area contributed by atoms with Gasteiger partial charge in [0.15, 0.2) is 0 Å². The Morgan fingerprint density at radius 1 is 0.912 bits per heavy atom. The van der Waals surface area contributed by atoms with Crippen molar-refractivity contribution < 1.29 is 14.3 Å². The third-order valence-corrected chi connectivity index (χ3v) is 6.01. The average molecular weight is 455 g/mol. The van der Waals surface area contributed by atoms with Crippen molar-refractivity contribution in [2.75, 3.05) is 6.61 Å². The van der Waals surface area contributed by atoms with Gasteiger partial charge in [-0.15, -0.1) is 0 Å². The zero-order valence-electron chi connectivity index (χ0n) is 19.4. The number of ether oxygens (including phenoxy) is 1. The van der Waals surface area contributed by atoms with E-state index in [1.54, 1.807) is 4.90 Å². The number of amides is 3. The minimum absolute atomic E-state index is 0.205. The summed E-state index contributed by atoms with van der Waals surface area (Å²) < 4.78 is 6.08. The highest BCUT2D eigenvalue weighted by atomic mass is 16.5. The summed E-state index contributed by atoms with van der Waals surface area (Å²) >= 11 is 0. The van der Waals surface area contributed by atoms with Crippen molar-refractivity contribution in [3.05, 3.63) is 113 Å². The lowest BCUT2D eigenvalue weighted by atomic mass is 10.0. The molecule has 0 aromatic heterocycles. The lowest BCUT2D eigenvalue weighted by molar-refractivity contribution is -0.116. The van der Waals surface area contributed by atoms with E-state index < -0.39 is 0 Å². The van der Waals surface area contributed by atoms with E-state index in [9.17, 15) is 9.59 Å². The maximum atomic E-state index is 12.7. The number of carbonyl (C=O) groups is 2. The van der Waals surface area contributed by atoms with Crippen LogP contribution in [0.2, 0.25) is 0 Å². The van der Waals surface area contributed by atoms with E-state index in [1.165, 1.54) is 5.56 Å². The van der Waals surface area contributed by atoms with Crippen LogP contribution in [0.25, 0.3) is 0 Å². The van der Waals surface area contributed by atoms with Crippen LogP contribution in [0, 0.1) is 0 Å². The molecule has 1 heterocycles. The lowest BCUT2D eigenvalue weighted by Gasteiger charge is -2.26. The van der Waals surface area contributed by atoms with Gasteiger partial charge in [-0.1, -0.05) is 91.9 Å². The van der Waals surface area contributed by atoms with Crippen LogP contribution in [-0.2, 0) is 17.6 Å². The minimum atomic E-state index is -0.377. The Bertz CT molecular complexity index is 1140. The lowest BCUT2D eigenvalue weighted by Crippen LogP contribution is -2.31.